The first-order chi connectivity index (χ1) is 9.89. The number of carbonyl (C=O) groups is 1. The molecule has 21 heavy (non-hydrogen) atoms. The van der Waals surface area contributed by atoms with Crippen molar-refractivity contribution in [2.24, 2.45) is 5.73 Å². The maximum atomic E-state index is 11.8. The molecule has 0 aromatic carbocycles. The molecule has 1 aliphatic heterocycles. The minimum absolute atomic E-state index is 0.0309. The molecule has 0 aromatic heterocycles. The van der Waals surface area contributed by atoms with Crippen LogP contribution in [0.25, 0.3) is 0 Å². The average molecular weight is 321 g/mol. The van der Waals surface area contributed by atoms with Gasteiger partial charge in [0, 0.05) is 32.2 Å². The van der Waals surface area contributed by atoms with Crippen LogP contribution in [0.3, 0.4) is 0 Å². The highest BCUT2D eigenvalue weighted by molar-refractivity contribution is 7.89. The third-order valence-electron chi connectivity index (χ3n) is 3.32. The summed E-state index contributed by atoms with van der Waals surface area (Å²) >= 11 is 0. The number of amides is 1. The largest absolute Gasteiger partial charge is 0.377 e. The molecular weight excluding hydrogens is 294 g/mol. The Bertz CT molecular complexity index is 406. The number of hydrogen-bond donors (Lipinski definition) is 3. The monoisotopic (exact) mass is 321 g/mol. The molecule has 7 nitrogen and oxygen atoms in total. The number of nitrogens with one attached hydrogen (secondary N) is 2. The molecule has 8 heteroatoms. The summed E-state index contributed by atoms with van der Waals surface area (Å²) in [5.41, 5.74) is 5.55. The average Bonchev–Trinajstić information content (AvgIpc) is 2.44. The van der Waals surface area contributed by atoms with E-state index in [0.29, 0.717) is 26.0 Å². The summed E-state index contributed by atoms with van der Waals surface area (Å²) in [4.78, 5) is 11.4. The van der Waals surface area contributed by atoms with Crippen molar-refractivity contribution in [2.45, 2.75) is 51.2 Å². The van der Waals surface area contributed by atoms with E-state index in [4.69, 9.17) is 10.5 Å². The zero-order valence-corrected chi connectivity index (χ0v) is 13.5. The lowest BCUT2D eigenvalue weighted by Crippen LogP contribution is -2.39. The van der Waals surface area contributed by atoms with Gasteiger partial charge in [-0.15, -0.1) is 0 Å². The van der Waals surface area contributed by atoms with E-state index < -0.39 is 10.0 Å². The third-order valence-corrected chi connectivity index (χ3v) is 4.67. The fourth-order valence-corrected chi connectivity index (χ4v) is 2.99. The topological polar surface area (TPSA) is 111 Å². The van der Waals surface area contributed by atoms with E-state index in [1.807, 2.05) is 6.92 Å². The molecule has 2 atom stereocenters. The number of hydrogen-bond acceptors (Lipinski definition) is 5. The van der Waals surface area contributed by atoms with Crippen molar-refractivity contribution in [3.8, 4) is 0 Å². The van der Waals surface area contributed by atoms with Gasteiger partial charge in [-0.2, -0.15) is 0 Å². The summed E-state index contributed by atoms with van der Waals surface area (Å²) in [6, 6.07) is -0.0309. The van der Waals surface area contributed by atoms with Gasteiger partial charge in [-0.05, 0) is 32.6 Å². The minimum Gasteiger partial charge on any atom is -0.377 e. The van der Waals surface area contributed by atoms with Gasteiger partial charge in [-0.1, -0.05) is 0 Å². The van der Waals surface area contributed by atoms with E-state index in [1.165, 1.54) is 0 Å². The van der Waals surface area contributed by atoms with Gasteiger partial charge in [0.05, 0.1) is 11.9 Å². The molecular formula is C13H27N3O4S. The zero-order chi connectivity index (χ0) is 15.7. The van der Waals surface area contributed by atoms with Gasteiger partial charge in [0.25, 0.3) is 0 Å². The highest BCUT2D eigenvalue weighted by Gasteiger charge is 2.17. The van der Waals surface area contributed by atoms with Crippen molar-refractivity contribution < 1.29 is 17.9 Å². The molecule has 0 saturated carbocycles. The molecule has 1 saturated heterocycles. The molecule has 0 aromatic rings. The molecule has 1 aliphatic rings. The molecule has 1 fully saturated rings. The van der Waals surface area contributed by atoms with Crippen LogP contribution in [-0.4, -0.2) is 51.9 Å². The van der Waals surface area contributed by atoms with Crippen LogP contribution in [0.2, 0.25) is 0 Å². The van der Waals surface area contributed by atoms with Crippen molar-refractivity contribution in [1.29, 1.82) is 0 Å². The Morgan fingerprint density at radius 3 is 2.81 bits per heavy atom. The molecule has 1 rings (SSSR count). The quantitative estimate of drug-likeness (QED) is 0.541. The van der Waals surface area contributed by atoms with Crippen LogP contribution >= 0.6 is 0 Å². The van der Waals surface area contributed by atoms with Gasteiger partial charge in [0.1, 0.15) is 0 Å². The Balaban J connectivity index is 2.15. The van der Waals surface area contributed by atoms with E-state index in [9.17, 15) is 13.2 Å². The number of sulfonamides is 1. The van der Waals surface area contributed by atoms with Gasteiger partial charge in [0.2, 0.25) is 15.9 Å². The first-order valence-electron chi connectivity index (χ1n) is 7.50. The Kier molecular flexibility index (Phi) is 8.16. The van der Waals surface area contributed by atoms with Crippen molar-refractivity contribution >= 4 is 15.9 Å². The van der Waals surface area contributed by atoms with E-state index in [1.54, 1.807) is 0 Å². The first-order valence-corrected chi connectivity index (χ1v) is 9.15. The fraction of sp³-hybridized carbons (Fsp3) is 0.923. The Labute approximate surface area is 127 Å². The summed E-state index contributed by atoms with van der Waals surface area (Å²) in [5.74, 6) is -0.290. The third kappa shape index (κ3) is 9.02. The van der Waals surface area contributed by atoms with Crippen LogP contribution in [0.15, 0.2) is 0 Å². The van der Waals surface area contributed by atoms with Crippen molar-refractivity contribution in [3.63, 3.8) is 0 Å². The molecule has 0 spiro atoms. The summed E-state index contributed by atoms with van der Waals surface area (Å²) in [6.45, 7) is 2.94. The van der Waals surface area contributed by atoms with Crippen molar-refractivity contribution in [3.05, 3.63) is 0 Å². The van der Waals surface area contributed by atoms with Crippen LogP contribution in [-0.2, 0) is 19.6 Å². The van der Waals surface area contributed by atoms with Crippen LogP contribution in [0.5, 0.6) is 0 Å². The van der Waals surface area contributed by atoms with Crippen molar-refractivity contribution in [1.82, 2.24) is 10.0 Å². The van der Waals surface area contributed by atoms with Gasteiger partial charge in [0.15, 0.2) is 0 Å². The first kappa shape index (κ1) is 18.3. The van der Waals surface area contributed by atoms with Gasteiger partial charge < -0.3 is 15.8 Å². The maximum absolute atomic E-state index is 11.8. The molecule has 1 amide bonds. The summed E-state index contributed by atoms with van der Waals surface area (Å²) in [7, 11) is -3.38. The number of carbonyl (C=O) groups excluding carboxylic acids is 1. The van der Waals surface area contributed by atoms with Crippen LogP contribution < -0.4 is 15.8 Å². The second-order valence-electron chi connectivity index (χ2n) is 5.52. The van der Waals surface area contributed by atoms with Gasteiger partial charge in [-0.25, -0.2) is 13.1 Å². The Morgan fingerprint density at radius 2 is 2.19 bits per heavy atom. The summed E-state index contributed by atoms with van der Waals surface area (Å²) in [5, 5.41) is 2.59. The number of nitrogens with two attached hydrogens (primary N) is 1. The Hall–Kier alpha value is -0.700. The zero-order valence-electron chi connectivity index (χ0n) is 12.6. The van der Waals surface area contributed by atoms with Crippen LogP contribution in [0.4, 0.5) is 0 Å². The lowest BCUT2D eigenvalue weighted by molar-refractivity contribution is -0.121. The van der Waals surface area contributed by atoms with E-state index in [-0.39, 0.29) is 30.4 Å². The number of ether oxygens (including phenoxy) is 1. The summed E-state index contributed by atoms with van der Waals surface area (Å²) < 4.78 is 31.6. The maximum Gasteiger partial charge on any atom is 0.220 e. The van der Waals surface area contributed by atoms with Crippen LogP contribution in [0.1, 0.15) is 39.0 Å². The van der Waals surface area contributed by atoms with E-state index >= 15 is 0 Å². The van der Waals surface area contributed by atoms with Crippen molar-refractivity contribution in [2.75, 3.05) is 25.4 Å². The predicted molar refractivity (Wildman–Crippen MR) is 81.3 cm³/mol. The second-order valence-corrected chi connectivity index (χ2v) is 7.45. The normalized spacial score (nSPS) is 21.0. The fourth-order valence-electron chi connectivity index (χ4n) is 2.03. The molecule has 0 bridgehead atoms. The minimum atomic E-state index is -3.38. The highest BCUT2D eigenvalue weighted by Crippen LogP contribution is 2.11. The molecule has 0 radical (unpaired) electrons. The molecule has 1 heterocycles. The SMILES string of the molecule is CC(N)CCC(=O)NCCS(=O)(=O)NCC1CCCCO1. The Morgan fingerprint density at radius 1 is 1.43 bits per heavy atom. The van der Waals surface area contributed by atoms with E-state index in [2.05, 4.69) is 10.0 Å². The van der Waals surface area contributed by atoms with Gasteiger partial charge in [-0.3, -0.25) is 4.79 Å². The predicted octanol–water partition coefficient (Wildman–Crippen LogP) is -0.281. The highest BCUT2D eigenvalue weighted by atomic mass is 32.2. The lowest BCUT2D eigenvalue weighted by Gasteiger charge is -2.22. The summed E-state index contributed by atoms with van der Waals surface area (Å²) in [6.07, 6.45) is 3.88. The smallest absolute Gasteiger partial charge is 0.220 e. The number of rotatable bonds is 9. The molecule has 2 unspecified atom stereocenters. The van der Waals surface area contributed by atoms with Gasteiger partial charge >= 0.3 is 0 Å². The van der Waals surface area contributed by atoms with E-state index in [0.717, 1.165) is 19.3 Å². The molecule has 4 N–H and O–H groups in total. The lowest BCUT2D eigenvalue weighted by atomic mass is 10.1. The standard InChI is InChI=1S/C13H27N3O4S/c1-11(14)5-6-13(17)15-7-9-21(18,19)16-10-12-4-2-3-8-20-12/h11-12,16H,2-10,14H2,1H3,(H,15,17). The molecule has 124 valence electrons. The molecule has 0 aliphatic carbocycles. The second kappa shape index (κ2) is 9.34. The van der Waals surface area contributed by atoms with Crippen LogP contribution in [0, 0.1) is 0 Å².